The van der Waals surface area contributed by atoms with Gasteiger partial charge in [-0.2, -0.15) is 0 Å². The van der Waals surface area contributed by atoms with Crippen LogP contribution in [0.1, 0.15) is 6.42 Å². The lowest BCUT2D eigenvalue weighted by atomic mass is 10.2. The van der Waals surface area contributed by atoms with Crippen molar-refractivity contribution in [2.75, 3.05) is 46.5 Å². The highest BCUT2D eigenvalue weighted by Gasteiger charge is 2.31. The Hall–Kier alpha value is -0.810. The fourth-order valence-corrected chi connectivity index (χ4v) is 2.28. The van der Waals surface area contributed by atoms with Crippen LogP contribution in [0.2, 0.25) is 0 Å². The van der Waals surface area contributed by atoms with Gasteiger partial charge in [0, 0.05) is 32.2 Å². The molecule has 1 unspecified atom stereocenters. The third-order valence-corrected chi connectivity index (χ3v) is 3.16. The van der Waals surface area contributed by atoms with E-state index in [1.54, 1.807) is 4.90 Å². The fourth-order valence-electron chi connectivity index (χ4n) is 2.28. The number of carbonyl (C=O) groups excluding carboxylic acids is 1. The van der Waals surface area contributed by atoms with E-state index in [0.29, 0.717) is 6.04 Å². The molecule has 0 saturated carbocycles. The molecule has 0 radical (unpaired) electrons. The van der Waals surface area contributed by atoms with Crippen LogP contribution in [0, 0.1) is 0 Å². The van der Waals surface area contributed by atoms with Gasteiger partial charge in [-0.25, -0.2) is 4.79 Å². The van der Waals surface area contributed by atoms with Crippen molar-refractivity contribution < 1.29 is 14.3 Å². The average Bonchev–Trinajstić information content (AvgIpc) is 2.78. The molecule has 0 aromatic carbocycles. The van der Waals surface area contributed by atoms with Gasteiger partial charge in [0.25, 0.3) is 0 Å². The van der Waals surface area contributed by atoms with Crippen LogP contribution in [0.15, 0.2) is 0 Å². The van der Waals surface area contributed by atoms with Crippen LogP contribution in [-0.4, -0.2) is 68.4 Å². The molecule has 5 heteroatoms. The van der Waals surface area contributed by atoms with Gasteiger partial charge >= 0.3 is 6.09 Å². The third kappa shape index (κ3) is 2.41. The summed E-state index contributed by atoms with van der Waals surface area (Å²) >= 11 is 0. The number of ether oxygens (including phenoxy) is 2. The molecule has 15 heavy (non-hydrogen) atoms. The topological polar surface area (TPSA) is 42.0 Å². The summed E-state index contributed by atoms with van der Waals surface area (Å²) in [5.74, 6) is 0. The zero-order valence-corrected chi connectivity index (χ0v) is 9.15. The zero-order chi connectivity index (χ0) is 10.7. The number of hydrogen-bond acceptors (Lipinski definition) is 4. The predicted molar refractivity (Wildman–Crippen MR) is 54.8 cm³/mol. The second kappa shape index (κ2) is 4.81. The summed E-state index contributed by atoms with van der Waals surface area (Å²) in [7, 11) is 1.43. The zero-order valence-electron chi connectivity index (χ0n) is 9.15. The summed E-state index contributed by atoms with van der Waals surface area (Å²) < 4.78 is 10.0. The van der Waals surface area contributed by atoms with Crippen LogP contribution < -0.4 is 0 Å². The lowest BCUT2D eigenvalue weighted by Gasteiger charge is -2.31. The first-order valence-corrected chi connectivity index (χ1v) is 5.46. The number of amides is 1. The molecule has 2 aliphatic rings. The van der Waals surface area contributed by atoms with Crippen molar-refractivity contribution in [3.8, 4) is 0 Å². The van der Waals surface area contributed by atoms with Crippen molar-refractivity contribution in [3.63, 3.8) is 0 Å². The molecule has 0 aliphatic carbocycles. The maximum atomic E-state index is 11.3. The van der Waals surface area contributed by atoms with Gasteiger partial charge in [-0.1, -0.05) is 0 Å². The van der Waals surface area contributed by atoms with Crippen molar-refractivity contribution in [2.45, 2.75) is 12.5 Å². The van der Waals surface area contributed by atoms with E-state index in [1.165, 1.54) is 7.11 Å². The summed E-state index contributed by atoms with van der Waals surface area (Å²) in [6, 6.07) is 0.494. The molecule has 2 heterocycles. The summed E-state index contributed by atoms with van der Waals surface area (Å²) in [4.78, 5) is 15.5. The van der Waals surface area contributed by atoms with Crippen LogP contribution in [0.3, 0.4) is 0 Å². The Morgan fingerprint density at radius 1 is 1.33 bits per heavy atom. The molecular weight excluding hydrogens is 196 g/mol. The largest absolute Gasteiger partial charge is 0.453 e. The summed E-state index contributed by atoms with van der Waals surface area (Å²) in [5, 5.41) is 0. The van der Waals surface area contributed by atoms with Gasteiger partial charge in [-0.3, -0.25) is 4.90 Å². The Labute approximate surface area is 89.9 Å². The van der Waals surface area contributed by atoms with Gasteiger partial charge in [-0.05, 0) is 6.42 Å². The Balaban J connectivity index is 1.83. The molecule has 5 nitrogen and oxygen atoms in total. The predicted octanol–water partition coefficient (Wildman–Crippen LogP) is 0.159. The molecule has 86 valence electrons. The van der Waals surface area contributed by atoms with E-state index in [9.17, 15) is 4.79 Å². The average molecular weight is 214 g/mol. The first-order valence-electron chi connectivity index (χ1n) is 5.46. The van der Waals surface area contributed by atoms with Crippen molar-refractivity contribution in [2.24, 2.45) is 0 Å². The Morgan fingerprint density at radius 3 is 2.73 bits per heavy atom. The molecule has 0 aromatic heterocycles. The van der Waals surface area contributed by atoms with Gasteiger partial charge in [0.2, 0.25) is 0 Å². The van der Waals surface area contributed by atoms with E-state index < -0.39 is 0 Å². The number of nitrogens with zero attached hydrogens (tertiary/aromatic N) is 2. The van der Waals surface area contributed by atoms with E-state index in [4.69, 9.17) is 9.47 Å². The smallest absolute Gasteiger partial charge is 0.409 e. The molecular formula is C10H18N2O3. The summed E-state index contributed by atoms with van der Waals surface area (Å²) in [6.45, 7) is 5.21. The molecule has 1 atom stereocenters. The molecule has 0 spiro atoms. The van der Waals surface area contributed by atoms with Gasteiger partial charge < -0.3 is 14.4 Å². The molecule has 0 bridgehead atoms. The molecule has 0 N–H and O–H groups in total. The quantitative estimate of drug-likeness (QED) is 0.623. The standard InChI is InChI=1S/C10H18N2O3/c1-14-10(13)12-3-2-9(8-12)11-4-6-15-7-5-11/h9H,2-8H2,1H3. The third-order valence-electron chi connectivity index (χ3n) is 3.16. The molecule has 2 rings (SSSR count). The van der Waals surface area contributed by atoms with Gasteiger partial charge in [0.05, 0.1) is 20.3 Å². The van der Waals surface area contributed by atoms with Crippen LogP contribution in [-0.2, 0) is 9.47 Å². The minimum Gasteiger partial charge on any atom is -0.453 e. The van der Waals surface area contributed by atoms with Gasteiger partial charge in [0.1, 0.15) is 0 Å². The maximum Gasteiger partial charge on any atom is 0.409 e. The van der Waals surface area contributed by atoms with Crippen molar-refractivity contribution in [1.29, 1.82) is 0 Å². The van der Waals surface area contributed by atoms with Crippen molar-refractivity contribution in [3.05, 3.63) is 0 Å². The Kier molecular flexibility index (Phi) is 3.43. The molecule has 2 aliphatic heterocycles. The minimum atomic E-state index is -0.203. The van der Waals surface area contributed by atoms with E-state index in [0.717, 1.165) is 45.8 Å². The van der Waals surface area contributed by atoms with Gasteiger partial charge in [0.15, 0.2) is 0 Å². The number of likely N-dealkylation sites (tertiary alicyclic amines) is 1. The van der Waals surface area contributed by atoms with E-state index >= 15 is 0 Å². The lowest BCUT2D eigenvalue weighted by Crippen LogP contribution is -2.45. The number of hydrogen-bond donors (Lipinski definition) is 0. The monoisotopic (exact) mass is 214 g/mol. The molecule has 2 saturated heterocycles. The SMILES string of the molecule is COC(=O)N1CCC(N2CCOCC2)C1. The number of methoxy groups -OCH3 is 1. The van der Waals surface area contributed by atoms with E-state index in [2.05, 4.69) is 4.90 Å². The maximum absolute atomic E-state index is 11.3. The second-order valence-corrected chi connectivity index (χ2v) is 4.01. The highest BCUT2D eigenvalue weighted by atomic mass is 16.5. The first-order chi connectivity index (χ1) is 7.31. The summed E-state index contributed by atoms with van der Waals surface area (Å²) in [5.41, 5.74) is 0. The minimum absolute atomic E-state index is 0.203. The van der Waals surface area contributed by atoms with E-state index in [1.807, 2.05) is 0 Å². The Morgan fingerprint density at radius 2 is 2.07 bits per heavy atom. The first kappa shape index (κ1) is 10.7. The van der Waals surface area contributed by atoms with Crippen LogP contribution in [0.25, 0.3) is 0 Å². The summed E-state index contributed by atoms with van der Waals surface area (Å²) in [6.07, 6.45) is 0.848. The van der Waals surface area contributed by atoms with Crippen molar-refractivity contribution in [1.82, 2.24) is 9.80 Å². The highest BCUT2D eigenvalue weighted by Crippen LogP contribution is 2.17. The van der Waals surface area contributed by atoms with Crippen LogP contribution in [0.4, 0.5) is 4.79 Å². The fraction of sp³-hybridized carbons (Fsp3) is 0.900. The number of rotatable bonds is 1. The lowest BCUT2D eigenvalue weighted by molar-refractivity contribution is 0.0185. The van der Waals surface area contributed by atoms with Gasteiger partial charge in [-0.15, -0.1) is 0 Å². The molecule has 0 aromatic rings. The molecule has 1 amide bonds. The Bertz CT molecular complexity index is 229. The normalized spacial score (nSPS) is 28.1. The highest BCUT2D eigenvalue weighted by molar-refractivity contribution is 5.67. The second-order valence-electron chi connectivity index (χ2n) is 4.01. The van der Waals surface area contributed by atoms with Crippen LogP contribution in [0.5, 0.6) is 0 Å². The van der Waals surface area contributed by atoms with Crippen molar-refractivity contribution >= 4 is 6.09 Å². The number of carbonyl (C=O) groups is 1. The van der Waals surface area contributed by atoms with Crippen LogP contribution >= 0.6 is 0 Å². The number of morpholine rings is 1. The molecule has 2 fully saturated rings. The van der Waals surface area contributed by atoms with E-state index in [-0.39, 0.29) is 6.09 Å².